The molecule has 40 valence electrons. The molecule has 0 rings (SSSR count). The van der Waals surface area contributed by atoms with E-state index in [0.717, 1.165) is 6.92 Å². The standard InChI is InChI=1S/C2H3N.C2H4O2/c1-2-3;1-2(3)4/h1H3;1H3,(H,3,4). The molecule has 1 N–H and O–H groups in total. The fourth-order valence-corrected chi connectivity index (χ4v) is 0. The maximum Gasteiger partial charge on any atom is 0.300 e. The van der Waals surface area contributed by atoms with Gasteiger partial charge in [0.25, 0.3) is 5.97 Å². The largest absolute Gasteiger partial charge is 0.481 e. The first-order chi connectivity index (χ1) is 3.15. The zero-order valence-electron chi connectivity index (χ0n) is 4.30. The fraction of sp³-hybridized carbons (Fsp3) is 0.500. The molecule has 0 saturated heterocycles. The predicted octanol–water partition coefficient (Wildman–Crippen LogP) is 0.621. The highest BCUT2D eigenvalue weighted by Crippen LogP contribution is 1.42. The molecule has 0 atom stereocenters. The number of hydrogen-bond acceptors (Lipinski definition) is 2. The van der Waals surface area contributed by atoms with Crippen LogP contribution in [0.2, 0.25) is 0 Å². The molecule has 0 aliphatic heterocycles. The lowest BCUT2D eigenvalue weighted by atomic mass is 10.9. The summed E-state index contributed by atoms with van der Waals surface area (Å²) >= 11 is 0. The van der Waals surface area contributed by atoms with Crippen LogP contribution in [0.4, 0.5) is 0 Å². The molecule has 0 radical (unpaired) electrons. The van der Waals surface area contributed by atoms with Gasteiger partial charge in [0.1, 0.15) is 0 Å². The zero-order valence-corrected chi connectivity index (χ0v) is 4.30. The van der Waals surface area contributed by atoms with Gasteiger partial charge in [-0.15, -0.1) is 0 Å². The molecule has 0 saturated carbocycles. The molecule has 0 heterocycles. The van der Waals surface area contributed by atoms with Gasteiger partial charge in [0.05, 0.1) is 6.07 Å². The summed E-state index contributed by atoms with van der Waals surface area (Å²) in [5.74, 6) is -0.833. The second kappa shape index (κ2) is 8.88. The number of hydrogen-bond donors (Lipinski definition) is 1. The normalized spacial score (nSPS) is 4.71. The van der Waals surface area contributed by atoms with Crippen LogP contribution in [0.5, 0.6) is 0 Å². The summed E-state index contributed by atoms with van der Waals surface area (Å²) in [6, 6.07) is 1.75. The van der Waals surface area contributed by atoms with Crippen LogP contribution >= 0.6 is 0 Å². The van der Waals surface area contributed by atoms with Gasteiger partial charge in [-0.05, 0) is 0 Å². The first-order valence-corrected chi connectivity index (χ1v) is 1.65. The molecular weight excluding hydrogens is 94.0 g/mol. The lowest BCUT2D eigenvalue weighted by Crippen LogP contribution is -1.78. The van der Waals surface area contributed by atoms with Crippen LogP contribution in [0.25, 0.3) is 0 Å². The van der Waals surface area contributed by atoms with Crippen LogP contribution < -0.4 is 0 Å². The van der Waals surface area contributed by atoms with Crippen molar-refractivity contribution in [2.75, 3.05) is 0 Å². The molecule has 0 aromatic heterocycles. The average Bonchev–Trinajstić information content (AvgIpc) is 1.33. The Bertz CT molecular complexity index is 78.2. The number of rotatable bonds is 0. The quantitative estimate of drug-likeness (QED) is 0.486. The van der Waals surface area contributed by atoms with E-state index in [1.807, 2.05) is 0 Å². The van der Waals surface area contributed by atoms with E-state index < -0.39 is 5.97 Å². The van der Waals surface area contributed by atoms with Crippen molar-refractivity contribution in [2.45, 2.75) is 13.8 Å². The Kier molecular flexibility index (Phi) is 11.9. The van der Waals surface area contributed by atoms with Crippen molar-refractivity contribution in [3.05, 3.63) is 0 Å². The monoisotopic (exact) mass is 101 g/mol. The van der Waals surface area contributed by atoms with Crippen molar-refractivity contribution in [1.29, 1.82) is 5.26 Å². The van der Waals surface area contributed by atoms with E-state index in [4.69, 9.17) is 15.2 Å². The number of carboxylic acid groups (broad SMARTS) is 1. The number of nitrogens with zero attached hydrogens (tertiary/aromatic N) is 1. The highest BCUT2D eigenvalue weighted by Gasteiger charge is 1.65. The van der Waals surface area contributed by atoms with Crippen molar-refractivity contribution >= 4 is 5.97 Å². The summed E-state index contributed by atoms with van der Waals surface area (Å²) in [4.78, 5) is 9.00. The molecule has 0 amide bonds. The van der Waals surface area contributed by atoms with Crippen molar-refractivity contribution in [2.24, 2.45) is 0 Å². The van der Waals surface area contributed by atoms with Crippen LogP contribution in [-0.4, -0.2) is 11.1 Å². The van der Waals surface area contributed by atoms with E-state index in [-0.39, 0.29) is 0 Å². The molecule has 0 aromatic rings. The maximum absolute atomic E-state index is 9.00. The second-order valence-corrected chi connectivity index (χ2v) is 0.743. The smallest absolute Gasteiger partial charge is 0.300 e. The summed E-state index contributed by atoms with van der Waals surface area (Å²) in [6.07, 6.45) is 0. The van der Waals surface area contributed by atoms with E-state index in [2.05, 4.69) is 0 Å². The third-order valence-electron chi connectivity index (χ3n) is 0. The molecule has 0 bridgehead atoms. The Morgan fingerprint density at radius 1 is 1.86 bits per heavy atom. The average molecular weight is 101 g/mol. The van der Waals surface area contributed by atoms with Gasteiger partial charge in [-0.2, -0.15) is 5.26 Å². The summed E-state index contributed by atoms with van der Waals surface area (Å²) in [7, 11) is 0. The van der Waals surface area contributed by atoms with Gasteiger partial charge in [0.15, 0.2) is 0 Å². The Morgan fingerprint density at radius 3 is 1.86 bits per heavy atom. The Labute approximate surface area is 42.2 Å². The number of nitriles is 1. The third kappa shape index (κ3) is 40.2. The minimum Gasteiger partial charge on any atom is -0.481 e. The highest BCUT2D eigenvalue weighted by atomic mass is 16.4. The summed E-state index contributed by atoms with van der Waals surface area (Å²) in [6.45, 7) is 2.51. The van der Waals surface area contributed by atoms with Gasteiger partial charge >= 0.3 is 0 Å². The second-order valence-electron chi connectivity index (χ2n) is 0.743. The molecule has 0 aromatic carbocycles. The Hall–Kier alpha value is -1.04. The molecule has 0 unspecified atom stereocenters. The first-order valence-electron chi connectivity index (χ1n) is 1.65. The highest BCUT2D eigenvalue weighted by molar-refractivity contribution is 5.62. The first kappa shape index (κ1) is 9.35. The van der Waals surface area contributed by atoms with Crippen molar-refractivity contribution < 1.29 is 9.90 Å². The third-order valence-corrected chi connectivity index (χ3v) is 0. The number of carbonyl (C=O) groups is 1. The van der Waals surface area contributed by atoms with Crippen LogP contribution in [0.15, 0.2) is 0 Å². The molecular formula is C4H7NO2. The zero-order chi connectivity index (χ0) is 6.28. The Balaban J connectivity index is 0. The lowest BCUT2D eigenvalue weighted by Gasteiger charge is -1.59. The molecule has 0 fully saturated rings. The fourth-order valence-electron chi connectivity index (χ4n) is 0. The minimum absolute atomic E-state index is 0.833. The van der Waals surface area contributed by atoms with Crippen molar-refractivity contribution in [3.8, 4) is 6.07 Å². The van der Waals surface area contributed by atoms with Crippen LogP contribution in [0.1, 0.15) is 13.8 Å². The van der Waals surface area contributed by atoms with Gasteiger partial charge in [-0.1, -0.05) is 0 Å². The number of aliphatic carboxylic acids is 1. The summed E-state index contributed by atoms with van der Waals surface area (Å²) in [5, 5.41) is 14.7. The minimum atomic E-state index is -0.833. The molecule has 0 spiro atoms. The van der Waals surface area contributed by atoms with Gasteiger partial charge in [0.2, 0.25) is 0 Å². The van der Waals surface area contributed by atoms with E-state index in [9.17, 15) is 0 Å². The van der Waals surface area contributed by atoms with Gasteiger partial charge < -0.3 is 5.11 Å². The Morgan fingerprint density at radius 2 is 1.86 bits per heavy atom. The SMILES string of the molecule is CC#N.CC(=O)O. The molecule has 3 heteroatoms. The number of carboxylic acids is 1. The summed E-state index contributed by atoms with van der Waals surface area (Å²) in [5.41, 5.74) is 0. The van der Waals surface area contributed by atoms with E-state index in [1.165, 1.54) is 6.92 Å². The van der Waals surface area contributed by atoms with E-state index >= 15 is 0 Å². The van der Waals surface area contributed by atoms with Gasteiger partial charge in [0, 0.05) is 13.8 Å². The van der Waals surface area contributed by atoms with Crippen LogP contribution in [-0.2, 0) is 4.79 Å². The van der Waals surface area contributed by atoms with E-state index in [0.29, 0.717) is 0 Å². The molecule has 7 heavy (non-hydrogen) atoms. The maximum atomic E-state index is 9.00. The molecule has 3 nitrogen and oxygen atoms in total. The predicted molar refractivity (Wildman–Crippen MR) is 24.6 cm³/mol. The van der Waals surface area contributed by atoms with Crippen LogP contribution in [0, 0.1) is 11.3 Å². The lowest BCUT2D eigenvalue weighted by molar-refractivity contribution is -0.134. The topological polar surface area (TPSA) is 61.1 Å². The summed E-state index contributed by atoms with van der Waals surface area (Å²) < 4.78 is 0. The van der Waals surface area contributed by atoms with Crippen LogP contribution in [0.3, 0.4) is 0 Å². The van der Waals surface area contributed by atoms with Crippen molar-refractivity contribution in [3.63, 3.8) is 0 Å². The van der Waals surface area contributed by atoms with Gasteiger partial charge in [-0.25, -0.2) is 0 Å². The van der Waals surface area contributed by atoms with Gasteiger partial charge in [-0.3, -0.25) is 4.79 Å². The molecule has 0 aliphatic carbocycles. The van der Waals surface area contributed by atoms with E-state index in [1.54, 1.807) is 6.07 Å². The molecule has 0 aliphatic rings. The van der Waals surface area contributed by atoms with Crippen molar-refractivity contribution in [1.82, 2.24) is 0 Å².